The molecule has 7 rings (SSSR count). The molecule has 0 unspecified atom stereocenters. The molecule has 2 N–H and O–H groups in total. The van der Waals surface area contributed by atoms with Crippen LogP contribution < -0.4 is 25.0 Å². The van der Waals surface area contributed by atoms with Crippen molar-refractivity contribution in [2.75, 3.05) is 65.4 Å². The number of carbonyl (C=O) groups excluding carboxylic acids is 2. The Balaban J connectivity index is 1.11. The molecular formula is C39H40F2N4O4+2. The van der Waals surface area contributed by atoms with Crippen LogP contribution in [0.1, 0.15) is 33.6 Å². The van der Waals surface area contributed by atoms with Gasteiger partial charge in [-0.05, 0) is 60.7 Å². The minimum Gasteiger partial charge on any atom is -0.456 e. The molecule has 2 saturated heterocycles. The van der Waals surface area contributed by atoms with Crippen LogP contribution in [0.25, 0.3) is 21.9 Å². The summed E-state index contributed by atoms with van der Waals surface area (Å²) in [6, 6.07) is 22.9. The van der Waals surface area contributed by atoms with Crippen molar-refractivity contribution in [3.63, 3.8) is 0 Å². The van der Waals surface area contributed by atoms with Gasteiger partial charge in [-0.3, -0.25) is 23.3 Å². The smallest absolute Gasteiger partial charge is 0.200 e. The van der Waals surface area contributed by atoms with Gasteiger partial charge in [-0.2, -0.15) is 0 Å². The molecule has 1 aromatic heterocycles. The summed E-state index contributed by atoms with van der Waals surface area (Å²) in [7, 11) is 0. The number of Topliss-reactive ketones (excluding diaryl/α,β-unsaturated/α-hetero) is 2. The van der Waals surface area contributed by atoms with Gasteiger partial charge in [0.15, 0.2) is 11.6 Å². The number of halogens is 2. The molecule has 0 spiro atoms. The molecule has 2 aliphatic rings. The number of piperazine rings is 2. The first kappa shape index (κ1) is 32.9. The Bertz CT molecular complexity index is 1920. The molecule has 0 atom stereocenters. The number of rotatable bonds is 10. The van der Waals surface area contributed by atoms with Gasteiger partial charge in [0.25, 0.3) is 0 Å². The fraction of sp³-hybridized carbons (Fsp3) is 0.308. The van der Waals surface area contributed by atoms with Gasteiger partial charge in [0.1, 0.15) is 34.2 Å². The highest BCUT2D eigenvalue weighted by Gasteiger charge is 2.34. The number of quaternary nitrogens is 2. The fourth-order valence-electron chi connectivity index (χ4n) is 7.51. The number of benzene rings is 4. The second-order valence-electron chi connectivity index (χ2n) is 13.3. The van der Waals surface area contributed by atoms with E-state index >= 15 is 0 Å². The maximum absolute atomic E-state index is 13.8. The number of hydrogen-bond donors (Lipinski definition) is 2. The maximum atomic E-state index is 13.8. The minimum absolute atomic E-state index is 0.0883. The van der Waals surface area contributed by atoms with Crippen molar-refractivity contribution < 1.29 is 22.8 Å². The van der Waals surface area contributed by atoms with Crippen molar-refractivity contribution in [1.82, 2.24) is 19.6 Å². The average Bonchev–Trinajstić information content (AvgIpc) is 3.14. The van der Waals surface area contributed by atoms with Crippen LogP contribution in [0.5, 0.6) is 0 Å². The third kappa shape index (κ3) is 6.69. The van der Waals surface area contributed by atoms with Crippen LogP contribution in [0.3, 0.4) is 0 Å². The van der Waals surface area contributed by atoms with Crippen molar-refractivity contribution in [1.29, 1.82) is 0 Å². The zero-order valence-electron chi connectivity index (χ0n) is 27.4. The highest BCUT2D eigenvalue weighted by Crippen LogP contribution is 2.28. The van der Waals surface area contributed by atoms with Crippen LogP contribution in [-0.4, -0.2) is 77.0 Å². The van der Waals surface area contributed by atoms with Gasteiger partial charge in [-0.15, -0.1) is 0 Å². The molecule has 0 bridgehead atoms. The van der Waals surface area contributed by atoms with E-state index in [9.17, 15) is 23.2 Å². The summed E-state index contributed by atoms with van der Waals surface area (Å²) >= 11 is 0. The molecule has 0 radical (unpaired) electrons. The number of ketones is 2. The SMILES string of the molecule is O=C(CC[N+]1(c2ccc(F)cc2)CCNCC1)c1ccc2oc3ccc(C(=O)CC[N+]4(c5ccc(F)cc5)CCNCC4)cc3c(=O)c2c1. The van der Waals surface area contributed by atoms with Gasteiger partial charge >= 0.3 is 0 Å². The highest BCUT2D eigenvalue weighted by atomic mass is 19.1. The molecule has 252 valence electrons. The lowest BCUT2D eigenvalue weighted by Gasteiger charge is -2.41. The van der Waals surface area contributed by atoms with Crippen molar-refractivity contribution in [2.45, 2.75) is 12.8 Å². The predicted molar refractivity (Wildman–Crippen MR) is 189 cm³/mol. The molecule has 4 aromatic carbocycles. The van der Waals surface area contributed by atoms with E-state index in [-0.39, 0.29) is 52.2 Å². The van der Waals surface area contributed by atoms with E-state index in [2.05, 4.69) is 10.6 Å². The Morgan fingerprint density at radius 2 is 0.980 bits per heavy atom. The van der Waals surface area contributed by atoms with E-state index in [0.29, 0.717) is 44.3 Å². The molecule has 49 heavy (non-hydrogen) atoms. The van der Waals surface area contributed by atoms with Gasteiger partial charge in [0.2, 0.25) is 5.43 Å². The Kier molecular flexibility index (Phi) is 9.21. The summed E-state index contributed by atoms with van der Waals surface area (Å²) in [6.07, 6.45) is 0.517. The first-order chi connectivity index (χ1) is 23.8. The Morgan fingerprint density at radius 3 is 1.37 bits per heavy atom. The molecule has 0 amide bonds. The number of fused-ring (bicyclic) bond motifs is 2. The number of hydrogen-bond acceptors (Lipinski definition) is 6. The van der Waals surface area contributed by atoms with Crippen LogP contribution in [-0.2, 0) is 0 Å². The lowest BCUT2D eigenvalue weighted by Crippen LogP contribution is -2.60. The maximum Gasteiger partial charge on any atom is 0.200 e. The Morgan fingerprint density at radius 1 is 0.592 bits per heavy atom. The number of nitrogens with one attached hydrogen (secondary N) is 2. The minimum atomic E-state index is -0.297. The lowest BCUT2D eigenvalue weighted by molar-refractivity contribution is 0.0954. The second kappa shape index (κ2) is 13.7. The zero-order chi connectivity index (χ0) is 34.0. The van der Waals surface area contributed by atoms with Crippen LogP contribution in [0.2, 0.25) is 0 Å². The van der Waals surface area contributed by atoms with E-state index in [0.717, 1.165) is 63.7 Å². The van der Waals surface area contributed by atoms with E-state index < -0.39 is 0 Å². The van der Waals surface area contributed by atoms with E-state index in [1.807, 2.05) is 0 Å². The molecule has 0 saturated carbocycles. The summed E-state index contributed by atoms with van der Waals surface area (Å²) in [5.74, 6) is -0.762. The molecular weight excluding hydrogens is 626 g/mol. The normalized spacial score (nSPS) is 17.3. The first-order valence-corrected chi connectivity index (χ1v) is 17.0. The van der Waals surface area contributed by atoms with Crippen LogP contribution in [0.4, 0.5) is 20.2 Å². The largest absolute Gasteiger partial charge is 0.456 e. The average molecular weight is 667 g/mol. The van der Waals surface area contributed by atoms with Crippen molar-refractivity contribution in [3.05, 3.63) is 118 Å². The molecule has 2 fully saturated rings. The van der Waals surface area contributed by atoms with Crippen molar-refractivity contribution >= 4 is 44.9 Å². The second-order valence-corrected chi connectivity index (χ2v) is 13.3. The topological polar surface area (TPSA) is 88.4 Å². The molecule has 8 nitrogen and oxygen atoms in total. The van der Waals surface area contributed by atoms with E-state index in [1.165, 1.54) is 24.3 Å². The van der Waals surface area contributed by atoms with E-state index in [4.69, 9.17) is 4.42 Å². The van der Waals surface area contributed by atoms with Gasteiger partial charge in [-0.25, -0.2) is 8.78 Å². The fourth-order valence-corrected chi connectivity index (χ4v) is 7.51. The highest BCUT2D eigenvalue weighted by molar-refractivity contribution is 6.03. The number of carbonyl (C=O) groups is 2. The Labute approximate surface area is 283 Å². The van der Waals surface area contributed by atoms with Crippen LogP contribution in [0.15, 0.2) is 94.1 Å². The van der Waals surface area contributed by atoms with Crippen LogP contribution in [0, 0.1) is 11.6 Å². The summed E-state index contributed by atoms with van der Waals surface area (Å²) in [4.78, 5) is 40.9. The van der Waals surface area contributed by atoms with Gasteiger partial charge in [0, 0.05) is 61.6 Å². The standard InChI is InChI=1S/C39H40F2N4O4/c40-29-3-7-31(8-4-29)44(21-15-42-16-22-44)19-13-35(46)27-1-11-37-33(25-27)39(48)34-26-28(2-12-38(34)49-37)36(47)14-20-45(23-17-43-18-24-45)32-9-5-30(41)6-10-32/h1-12,25-26,42-43H,13-24H2/q+2. The molecule has 5 aromatic rings. The van der Waals surface area contributed by atoms with Gasteiger partial charge in [0.05, 0.1) is 62.9 Å². The monoisotopic (exact) mass is 666 g/mol. The van der Waals surface area contributed by atoms with Crippen molar-refractivity contribution in [2.24, 2.45) is 0 Å². The quantitative estimate of drug-likeness (QED) is 0.115. The summed E-state index contributed by atoms with van der Waals surface area (Å²) in [5, 5.41) is 7.31. The molecule has 10 heteroatoms. The number of nitrogens with zero attached hydrogens (tertiary/aromatic N) is 2. The molecule has 3 heterocycles. The van der Waals surface area contributed by atoms with Gasteiger partial charge in [-0.1, -0.05) is 0 Å². The van der Waals surface area contributed by atoms with Crippen LogP contribution >= 0.6 is 0 Å². The third-order valence-corrected chi connectivity index (χ3v) is 10.5. The summed E-state index contributed by atoms with van der Waals surface area (Å²) in [5.41, 5.74) is 3.24. The Hall–Kier alpha value is -4.61. The first-order valence-electron chi connectivity index (χ1n) is 17.0. The van der Waals surface area contributed by atoms with E-state index in [1.54, 1.807) is 60.7 Å². The predicted octanol–water partition coefficient (Wildman–Crippen LogP) is 5.59. The summed E-state index contributed by atoms with van der Waals surface area (Å²) < 4.78 is 34.6. The molecule has 0 aliphatic carbocycles. The zero-order valence-corrected chi connectivity index (χ0v) is 27.4. The molecule has 2 aliphatic heterocycles. The third-order valence-electron chi connectivity index (χ3n) is 10.5. The lowest BCUT2D eigenvalue weighted by atomic mass is 10.0. The van der Waals surface area contributed by atoms with Crippen molar-refractivity contribution in [3.8, 4) is 0 Å². The summed E-state index contributed by atoms with van der Waals surface area (Å²) in [6.45, 7) is 7.45. The van der Waals surface area contributed by atoms with Gasteiger partial charge < -0.3 is 15.1 Å².